The van der Waals surface area contributed by atoms with Crippen LogP contribution in [-0.2, 0) is 15.1 Å². The number of esters is 1. The summed E-state index contributed by atoms with van der Waals surface area (Å²) in [6.07, 6.45) is 0. The van der Waals surface area contributed by atoms with Crippen LogP contribution in [0.3, 0.4) is 0 Å². The first-order valence-corrected chi connectivity index (χ1v) is 7.60. The molecular weight excluding hydrogens is 280 g/mol. The molecule has 0 aliphatic carbocycles. The lowest BCUT2D eigenvalue weighted by Gasteiger charge is -2.36. The molecule has 1 aliphatic heterocycles. The van der Waals surface area contributed by atoms with Gasteiger partial charge in [-0.1, -0.05) is 54.7 Å². The zero-order valence-corrected chi connectivity index (χ0v) is 12.9. The molecule has 0 radical (unpaired) electrons. The molecule has 0 fully saturated rings. The molecule has 0 saturated heterocycles. The van der Waals surface area contributed by atoms with Crippen LogP contribution < -0.4 is 0 Å². The third-order valence-corrected chi connectivity index (χ3v) is 4.82. The molecule has 3 rings (SSSR count). The third kappa shape index (κ3) is 2.28. The fraction of sp³-hybridized carbons (Fsp3) is 0.167. The van der Waals surface area contributed by atoms with Gasteiger partial charge >= 0.3 is 5.97 Å². The second-order valence-electron chi connectivity index (χ2n) is 5.30. The summed E-state index contributed by atoms with van der Waals surface area (Å²) >= 11 is 1.71. The minimum absolute atomic E-state index is 0.367. The minimum Gasteiger partial charge on any atom is -0.446 e. The van der Waals surface area contributed by atoms with E-state index in [-0.39, 0.29) is 5.97 Å². The Bertz CT molecular complexity index is 688. The summed E-state index contributed by atoms with van der Waals surface area (Å²) in [5, 5.41) is 0. The molecule has 1 heterocycles. The van der Waals surface area contributed by atoms with Crippen molar-refractivity contribution in [3.8, 4) is 0 Å². The van der Waals surface area contributed by atoms with Crippen LogP contribution in [0.25, 0.3) is 0 Å². The van der Waals surface area contributed by atoms with E-state index >= 15 is 0 Å². The molecule has 2 aromatic carbocycles. The summed E-state index contributed by atoms with van der Waals surface area (Å²) in [6, 6.07) is 16.1. The van der Waals surface area contributed by atoms with Crippen LogP contribution in [0.15, 0.2) is 70.5 Å². The molecule has 0 atom stereocenters. The molecule has 0 spiro atoms. The molecule has 106 valence electrons. The lowest BCUT2D eigenvalue weighted by molar-refractivity contribution is -0.150. The van der Waals surface area contributed by atoms with E-state index in [2.05, 4.69) is 18.7 Å². The zero-order chi connectivity index (χ0) is 15.0. The molecule has 0 N–H and O–H groups in total. The second-order valence-corrected chi connectivity index (χ2v) is 6.38. The van der Waals surface area contributed by atoms with Gasteiger partial charge in [-0.2, -0.15) is 0 Å². The smallest absolute Gasteiger partial charge is 0.334 e. The van der Waals surface area contributed by atoms with Crippen molar-refractivity contribution in [2.24, 2.45) is 0 Å². The van der Waals surface area contributed by atoms with Crippen LogP contribution >= 0.6 is 11.8 Å². The first-order valence-electron chi connectivity index (χ1n) is 6.78. The van der Waals surface area contributed by atoms with Crippen molar-refractivity contribution in [3.63, 3.8) is 0 Å². The number of carbonyl (C=O) groups is 1. The maximum atomic E-state index is 12.1. The lowest BCUT2D eigenvalue weighted by atomic mass is 9.87. The number of rotatable bonds is 2. The Kier molecular flexibility index (Phi) is 3.38. The Labute approximate surface area is 128 Å². The van der Waals surface area contributed by atoms with E-state index in [0.29, 0.717) is 5.57 Å². The Morgan fingerprint density at radius 1 is 1.05 bits per heavy atom. The number of ether oxygens (including phenoxy) is 1. The lowest BCUT2D eigenvalue weighted by Crippen LogP contribution is -2.33. The molecule has 2 aromatic rings. The first kappa shape index (κ1) is 14.0. The van der Waals surface area contributed by atoms with Crippen molar-refractivity contribution in [2.45, 2.75) is 29.2 Å². The van der Waals surface area contributed by atoms with E-state index in [1.54, 1.807) is 18.7 Å². The van der Waals surface area contributed by atoms with Gasteiger partial charge in [-0.3, -0.25) is 0 Å². The van der Waals surface area contributed by atoms with Crippen LogP contribution in [0.4, 0.5) is 0 Å². The van der Waals surface area contributed by atoms with E-state index < -0.39 is 5.60 Å². The van der Waals surface area contributed by atoms with E-state index in [1.165, 1.54) is 0 Å². The molecular formula is C18H16O2S. The average molecular weight is 296 g/mol. The van der Waals surface area contributed by atoms with Crippen LogP contribution in [0.5, 0.6) is 0 Å². The molecule has 0 amide bonds. The van der Waals surface area contributed by atoms with Gasteiger partial charge in [-0.25, -0.2) is 4.79 Å². The van der Waals surface area contributed by atoms with Gasteiger partial charge in [-0.05, 0) is 26.0 Å². The maximum absolute atomic E-state index is 12.1. The summed E-state index contributed by atoms with van der Waals surface area (Å²) in [5.74, 6) is -0.367. The number of carbonyl (C=O) groups excluding carboxylic acids is 1. The Morgan fingerprint density at radius 3 is 2.00 bits per heavy atom. The topological polar surface area (TPSA) is 26.3 Å². The third-order valence-electron chi connectivity index (χ3n) is 3.67. The molecule has 3 heteroatoms. The fourth-order valence-corrected chi connectivity index (χ4v) is 3.82. The highest BCUT2D eigenvalue weighted by molar-refractivity contribution is 7.99. The van der Waals surface area contributed by atoms with Crippen LogP contribution in [0, 0.1) is 0 Å². The summed E-state index contributed by atoms with van der Waals surface area (Å²) in [7, 11) is 0. The van der Waals surface area contributed by atoms with Crippen molar-refractivity contribution < 1.29 is 9.53 Å². The molecule has 0 bridgehead atoms. The number of hydrogen-bond donors (Lipinski definition) is 0. The van der Waals surface area contributed by atoms with Crippen molar-refractivity contribution in [1.29, 1.82) is 0 Å². The fourth-order valence-electron chi connectivity index (χ4n) is 2.55. The van der Waals surface area contributed by atoms with Crippen LogP contribution in [-0.4, -0.2) is 5.97 Å². The Morgan fingerprint density at radius 2 is 1.52 bits per heavy atom. The maximum Gasteiger partial charge on any atom is 0.334 e. The molecule has 21 heavy (non-hydrogen) atoms. The predicted molar refractivity (Wildman–Crippen MR) is 84.4 cm³/mol. The normalized spacial score (nSPS) is 14.8. The highest BCUT2D eigenvalue weighted by Crippen LogP contribution is 2.49. The summed E-state index contributed by atoms with van der Waals surface area (Å²) in [6.45, 7) is 7.30. The minimum atomic E-state index is -0.783. The van der Waals surface area contributed by atoms with E-state index in [1.807, 2.05) is 43.3 Å². The quantitative estimate of drug-likeness (QED) is 0.601. The Balaban J connectivity index is 2.18. The summed E-state index contributed by atoms with van der Waals surface area (Å²) in [4.78, 5) is 14.3. The number of fused-ring (bicyclic) bond motifs is 2. The van der Waals surface area contributed by atoms with Gasteiger partial charge in [0.1, 0.15) is 0 Å². The zero-order valence-electron chi connectivity index (χ0n) is 12.1. The molecule has 0 saturated carbocycles. The first-order chi connectivity index (χ1) is 10.0. The van der Waals surface area contributed by atoms with Crippen molar-refractivity contribution in [1.82, 2.24) is 0 Å². The molecule has 1 aliphatic rings. The standard InChI is InChI=1S/C18H16O2S/c1-12(2)17(19)20-18(3)13-8-4-6-10-15(13)21-16-11-7-5-9-14(16)18/h4-11H,1H2,2-3H3. The predicted octanol–water partition coefficient (Wildman–Crippen LogP) is 4.53. The van der Waals surface area contributed by atoms with E-state index in [9.17, 15) is 4.79 Å². The largest absolute Gasteiger partial charge is 0.446 e. The van der Waals surface area contributed by atoms with Crippen LogP contribution in [0.1, 0.15) is 25.0 Å². The molecule has 0 unspecified atom stereocenters. The molecule has 2 nitrogen and oxygen atoms in total. The van der Waals surface area contributed by atoms with Crippen LogP contribution in [0.2, 0.25) is 0 Å². The van der Waals surface area contributed by atoms with Gasteiger partial charge in [0.15, 0.2) is 5.60 Å². The van der Waals surface area contributed by atoms with Crippen molar-refractivity contribution >= 4 is 17.7 Å². The second kappa shape index (κ2) is 5.08. The summed E-state index contributed by atoms with van der Waals surface area (Å²) < 4.78 is 5.84. The van der Waals surface area contributed by atoms with Gasteiger partial charge in [-0.15, -0.1) is 0 Å². The van der Waals surface area contributed by atoms with E-state index in [0.717, 1.165) is 20.9 Å². The van der Waals surface area contributed by atoms with Gasteiger partial charge < -0.3 is 4.74 Å². The SMILES string of the molecule is C=C(C)C(=O)OC1(C)c2ccccc2Sc2ccccc21. The van der Waals surface area contributed by atoms with Gasteiger partial charge in [0, 0.05) is 26.5 Å². The highest BCUT2D eigenvalue weighted by Gasteiger charge is 2.40. The van der Waals surface area contributed by atoms with Gasteiger partial charge in [0.05, 0.1) is 0 Å². The summed E-state index contributed by atoms with van der Waals surface area (Å²) in [5.41, 5.74) is 1.66. The Hall–Kier alpha value is -2.00. The number of benzene rings is 2. The van der Waals surface area contributed by atoms with Gasteiger partial charge in [0.25, 0.3) is 0 Å². The monoisotopic (exact) mass is 296 g/mol. The van der Waals surface area contributed by atoms with Crippen molar-refractivity contribution in [3.05, 3.63) is 71.8 Å². The number of hydrogen-bond acceptors (Lipinski definition) is 3. The average Bonchev–Trinajstić information content (AvgIpc) is 2.47. The highest BCUT2D eigenvalue weighted by atomic mass is 32.2. The van der Waals surface area contributed by atoms with E-state index in [4.69, 9.17) is 4.74 Å². The van der Waals surface area contributed by atoms with Gasteiger partial charge in [0.2, 0.25) is 0 Å². The van der Waals surface area contributed by atoms with Crippen molar-refractivity contribution in [2.75, 3.05) is 0 Å². The molecule has 0 aromatic heterocycles.